The zero-order chi connectivity index (χ0) is 11.6. The lowest BCUT2D eigenvalue weighted by Gasteiger charge is -2.00. The standard InChI is InChI=1S/C11H17N3OS/c1-2-3-4-7-16-11-6-5-10(8-12-11)13-9-14-15/h5-6,8-9,15H,2-4,7H2,1H3,(H,13,14). The van der Waals surface area contributed by atoms with Crippen molar-refractivity contribution in [2.45, 2.75) is 31.2 Å². The van der Waals surface area contributed by atoms with Crippen molar-refractivity contribution in [2.75, 3.05) is 5.75 Å². The van der Waals surface area contributed by atoms with Gasteiger partial charge in [0.1, 0.15) is 6.34 Å². The van der Waals surface area contributed by atoms with Gasteiger partial charge >= 0.3 is 0 Å². The molecule has 0 atom stereocenters. The Morgan fingerprint density at radius 2 is 2.38 bits per heavy atom. The predicted molar refractivity (Wildman–Crippen MR) is 67.6 cm³/mol. The number of aliphatic imine (C=N–C) groups is 1. The third kappa shape index (κ3) is 5.14. The molecule has 1 rings (SSSR count). The smallest absolute Gasteiger partial charge is 0.113 e. The van der Waals surface area contributed by atoms with Gasteiger partial charge in [-0.1, -0.05) is 19.8 Å². The molecule has 4 nitrogen and oxygen atoms in total. The minimum atomic E-state index is 0.722. The van der Waals surface area contributed by atoms with Crippen LogP contribution in [-0.2, 0) is 0 Å². The summed E-state index contributed by atoms with van der Waals surface area (Å²) in [4.78, 5) is 8.19. The van der Waals surface area contributed by atoms with Gasteiger partial charge in [-0.15, -0.1) is 11.8 Å². The first-order chi connectivity index (χ1) is 7.86. The Kier molecular flexibility index (Phi) is 6.60. The average Bonchev–Trinajstić information content (AvgIpc) is 2.33. The van der Waals surface area contributed by atoms with Gasteiger partial charge in [-0.05, 0) is 24.3 Å². The Balaban J connectivity index is 2.36. The Labute approximate surface area is 100 Å². The van der Waals surface area contributed by atoms with E-state index in [2.05, 4.69) is 16.9 Å². The van der Waals surface area contributed by atoms with Crippen LogP contribution in [0.15, 0.2) is 28.3 Å². The number of nitrogens with zero attached hydrogens (tertiary/aromatic N) is 2. The lowest BCUT2D eigenvalue weighted by atomic mass is 10.3. The van der Waals surface area contributed by atoms with Gasteiger partial charge in [0, 0.05) is 0 Å². The van der Waals surface area contributed by atoms with E-state index >= 15 is 0 Å². The van der Waals surface area contributed by atoms with E-state index in [1.807, 2.05) is 17.6 Å². The quantitative estimate of drug-likeness (QED) is 0.252. The molecule has 1 heterocycles. The average molecular weight is 239 g/mol. The van der Waals surface area contributed by atoms with Crippen molar-refractivity contribution in [3.63, 3.8) is 0 Å². The molecule has 0 aromatic carbocycles. The highest BCUT2D eigenvalue weighted by atomic mass is 32.2. The van der Waals surface area contributed by atoms with Crippen molar-refractivity contribution < 1.29 is 5.21 Å². The summed E-state index contributed by atoms with van der Waals surface area (Å²) in [6, 6.07) is 3.82. The molecule has 0 radical (unpaired) electrons. The first kappa shape index (κ1) is 13.0. The normalized spacial score (nSPS) is 10.9. The molecule has 0 fully saturated rings. The predicted octanol–water partition coefficient (Wildman–Crippen LogP) is 3.00. The molecular weight excluding hydrogens is 222 g/mol. The van der Waals surface area contributed by atoms with E-state index in [1.54, 1.807) is 18.0 Å². The van der Waals surface area contributed by atoms with Gasteiger partial charge < -0.3 is 0 Å². The van der Waals surface area contributed by atoms with Gasteiger partial charge in [-0.3, -0.25) is 10.7 Å². The van der Waals surface area contributed by atoms with Gasteiger partial charge in [-0.25, -0.2) is 9.98 Å². The highest BCUT2D eigenvalue weighted by Crippen LogP contribution is 2.19. The molecule has 0 saturated heterocycles. The number of thioether (sulfide) groups is 1. The van der Waals surface area contributed by atoms with Crippen molar-refractivity contribution in [1.82, 2.24) is 10.5 Å². The van der Waals surface area contributed by atoms with E-state index in [0.717, 1.165) is 16.5 Å². The number of rotatable bonds is 7. The van der Waals surface area contributed by atoms with E-state index < -0.39 is 0 Å². The maximum atomic E-state index is 8.32. The zero-order valence-electron chi connectivity index (χ0n) is 9.39. The summed E-state index contributed by atoms with van der Waals surface area (Å²) in [6.07, 6.45) is 6.66. The maximum absolute atomic E-state index is 8.32. The summed E-state index contributed by atoms with van der Waals surface area (Å²) >= 11 is 1.76. The number of hydroxylamine groups is 1. The fourth-order valence-electron chi connectivity index (χ4n) is 1.17. The minimum Gasteiger partial charge on any atom is -0.290 e. The van der Waals surface area contributed by atoms with Gasteiger partial charge in [0.25, 0.3) is 0 Å². The molecule has 0 amide bonds. The summed E-state index contributed by atoms with van der Waals surface area (Å²) in [5.41, 5.74) is 2.58. The van der Waals surface area contributed by atoms with Gasteiger partial charge in [0.05, 0.1) is 16.9 Å². The third-order valence-corrected chi connectivity index (χ3v) is 3.02. The molecule has 0 spiro atoms. The van der Waals surface area contributed by atoms with Crippen LogP contribution in [-0.4, -0.2) is 22.3 Å². The number of pyridine rings is 1. The lowest BCUT2D eigenvalue weighted by molar-refractivity contribution is 0.240. The molecule has 0 bridgehead atoms. The molecule has 0 aliphatic rings. The first-order valence-corrected chi connectivity index (χ1v) is 6.36. The van der Waals surface area contributed by atoms with Crippen molar-refractivity contribution in [3.8, 4) is 0 Å². The fourth-order valence-corrected chi connectivity index (χ4v) is 2.02. The van der Waals surface area contributed by atoms with Crippen LogP contribution in [0.2, 0.25) is 0 Å². The number of nitrogens with one attached hydrogen (secondary N) is 1. The highest BCUT2D eigenvalue weighted by Gasteiger charge is 1.95. The van der Waals surface area contributed by atoms with Crippen LogP contribution in [0.3, 0.4) is 0 Å². The molecule has 2 N–H and O–H groups in total. The Hall–Kier alpha value is -1.07. The second-order valence-corrected chi connectivity index (χ2v) is 4.41. The van der Waals surface area contributed by atoms with Crippen molar-refractivity contribution in [2.24, 2.45) is 4.99 Å². The summed E-state index contributed by atoms with van der Waals surface area (Å²) in [7, 11) is 0. The maximum Gasteiger partial charge on any atom is 0.113 e. The van der Waals surface area contributed by atoms with Crippen LogP contribution in [0.1, 0.15) is 26.2 Å². The molecule has 16 heavy (non-hydrogen) atoms. The summed E-state index contributed by atoms with van der Waals surface area (Å²) < 4.78 is 0. The van der Waals surface area contributed by atoms with Crippen LogP contribution in [0, 0.1) is 0 Å². The zero-order valence-corrected chi connectivity index (χ0v) is 10.2. The molecule has 0 unspecified atom stereocenters. The van der Waals surface area contributed by atoms with Crippen LogP contribution < -0.4 is 5.48 Å². The van der Waals surface area contributed by atoms with Crippen LogP contribution in [0.5, 0.6) is 0 Å². The summed E-state index contributed by atoms with van der Waals surface area (Å²) in [5, 5.41) is 9.35. The molecule has 0 saturated carbocycles. The van der Waals surface area contributed by atoms with E-state index in [-0.39, 0.29) is 0 Å². The topological polar surface area (TPSA) is 57.5 Å². The molecular formula is C11H17N3OS. The summed E-state index contributed by atoms with van der Waals surface area (Å²) in [5.74, 6) is 1.11. The van der Waals surface area contributed by atoms with Gasteiger partial charge in [0.15, 0.2) is 0 Å². The molecule has 88 valence electrons. The van der Waals surface area contributed by atoms with Crippen LogP contribution in [0.4, 0.5) is 5.69 Å². The summed E-state index contributed by atoms with van der Waals surface area (Å²) in [6.45, 7) is 2.20. The van der Waals surface area contributed by atoms with Crippen molar-refractivity contribution >= 4 is 23.8 Å². The highest BCUT2D eigenvalue weighted by molar-refractivity contribution is 7.99. The molecule has 5 heteroatoms. The van der Waals surface area contributed by atoms with Crippen LogP contribution >= 0.6 is 11.8 Å². The largest absolute Gasteiger partial charge is 0.290 e. The Morgan fingerprint density at radius 3 is 3.00 bits per heavy atom. The SMILES string of the molecule is CCCCCSc1ccc(N=CNO)cn1. The minimum absolute atomic E-state index is 0.722. The van der Waals surface area contributed by atoms with Crippen molar-refractivity contribution in [3.05, 3.63) is 18.3 Å². The second-order valence-electron chi connectivity index (χ2n) is 3.30. The Morgan fingerprint density at radius 1 is 1.50 bits per heavy atom. The molecule has 0 aliphatic heterocycles. The van der Waals surface area contributed by atoms with E-state index in [0.29, 0.717) is 0 Å². The lowest BCUT2D eigenvalue weighted by Crippen LogP contribution is -2.00. The monoisotopic (exact) mass is 239 g/mol. The molecule has 1 aromatic heterocycles. The number of hydrogen-bond donors (Lipinski definition) is 2. The Bertz CT molecular complexity index is 314. The molecule has 0 aliphatic carbocycles. The van der Waals surface area contributed by atoms with Gasteiger partial charge in [-0.2, -0.15) is 0 Å². The van der Waals surface area contributed by atoms with Gasteiger partial charge in [0.2, 0.25) is 0 Å². The molecule has 1 aromatic rings. The first-order valence-electron chi connectivity index (χ1n) is 5.38. The van der Waals surface area contributed by atoms with Crippen LogP contribution in [0.25, 0.3) is 0 Å². The number of unbranched alkanes of at least 4 members (excludes halogenated alkanes) is 2. The number of hydrogen-bond acceptors (Lipinski definition) is 4. The van der Waals surface area contributed by atoms with Crippen molar-refractivity contribution in [1.29, 1.82) is 0 Å². The van der Waals surface area contributed by atoms with E-state index in [1.165, 1.54) is 25.6 Å². The van der Waals surface area contributed by atoms with E-state index in [4.69, 9.17) is 5.21 Å². The second kappa shape index (κ2) is 8.13. The fraction of sp³-hybridized carbons (Fsp3) is 0.455. The number of aromatic nitrogens is 1. The van der Waals surface area contributed by atoms with E-state index in [9.17, 15) is 0 Å². The third-order valence-electron chi connectivity index (χ3n) is 1.99.